The Bertz CT molecular complexity index is 616. The van der Waals surface area contributed by atoms with Gasteiger partial charge in [0.15, 0.2) is 0 Å². The number of aryl methyl sites for hydroxylation is 1. The van der Waals surface area contributed by atoms with Gasteiger partial charge in [-0.3, -0.25) is 0 Å². The van der Waals surface area contributed by atoms with E-state index in [2.05, 4.69) is 9.55 Å². The van der Waals surface area contributed by atoms with Crippen LogP contribution in [-0.2, 0) is 19.3 Å². The van der Waals surface area contributed by atoms with E-state index >= 15 is 0 Å². The highest BCUT2D eigenvalue weighted by atomic mass is 19.1. The Morgan fingerprint density at radius 1 is 1.35 bits per heavy atom. The van der Waals surface area contributed by atoms with Crippen LogP contribution in [0.3, 0.4) is 0 Å². The smallest absolute Gasteiger partial charge is 0.123 e. The van der Waals surface area contributed by atoms with Gasteiger partial charge in [-0.25, -0.2) is 9.37 Å². The molecule has 4 heteroatoms. The predicted octanol–water partition coefficient (Wildman–Crippen LogP) is 2.78. The molecule has 2 N–H and O–H groups in total. The molecular weight excluding hydrogens is 253 g/mol. The monoisotopic (exact) mass is 273 g/mol. The topological polar surface area (TPSA) is 43.8 Å². The minimum absolute atomic E-state index is 0.00916. The highest BCUT2D eigenvalue weighted by Crippen LogP contribution is 2.25. The second kappa shape index (κ2) is 5.37. The Kier molecular flexibility index (Phi) is 3.57. The molecule has 3 nitrogen and oxygen atoms in total. The quantitative estimate of drug-likeness (QED) is 0.934. The van der Waals surface area contributed by atoms with E-state index in [1.807, 2.05) is 19.3 Å². The van der Waals surface area contributed by atoms with Crippen molar-refractivity contribution in [3.8, 4) is 5.69 Å². The van der Waals surface area contributed by atoms with Crippen LogP contribution >= 0.6 is 0 Å². The van der Waals surface area contributed by atoms with Gasteiger partial charge in [0.25, 0.3) is 0 Å². The first kappa shape index (κ1) is 13.3. The minimum Gasteiger partial charge on any atom is -0.328 e. The Balaban J connectivity index is 2.07. The largest absolute Gasteiger partial charge is 0.328 e. The molecule has 2 aromatic rings. The van der Waals surface area contributed by atoms with E-state index in [1.165, 1.54) is 30.3 Å². The molecule has 3 rings (SSSR count). The highest BCUT2D eigenvalue weighted by Gasteiger charge is 2.18. The summed E-state index contributed by atoms with van der Waals surface area (Å²) in [5.74, 6) is -0.210. The zero-order chi connectivity index (χ0) is 14.1. The second-order valence-corrected chi connectivity index (χ2v) is 5.67. The number of halogens is 1. The predicted molar refractivity (Wildman–Crippen MR) is 77.5 cm³/mol. The normalized spacial score (nSPS) is 15.9. The van der Waals surface area contributed by atoms with E-state index in [1.54, 1.807) is 6.07 Å². The van der Waals surface area contributed by atoms with Crippen molar-refractivity contribution >= 4 is 0 Å². The molecule has 1 unspecified atom stereocenters. The molecule has 0 fully saturated rings. The lowest BCUT2D eigenvalue weighted by Gasteiger charge is -2.17. The summed E-state index contributed by atoms with van der Waals surface area (Å²) in [5.41, 5.74) is 10.3. The van der Waals surface area contributed by atoms with Crippen molar-refractivity contribution in [3.05, 3.63) is 47.3 Å². The van der Waals surface area contributed by atoms with Gasteiger partial charge >= 0.3 is 0 Å². The molecule has 0 bridgehead atoms. The number of nitrogens with zero attached hydrogens (tertiary/aromatic N) is 2. The standard InChI is InChI=1S/C16H20FN3/c1-11(18)8-12-9-13(17)6-7-15(12)20-10-19-14-4-2-3-5-16(14)20/h6-7,9-11H,2-5,8,18H2,1H3. The van der Waals surface area contributed by atoms with Crippen LogP contribution in [0.2, 0.25) is 0 Å². The van der Waals surface area contributed by atoms with Gasteiger partial charge < -0.3 is 10.3 Å². The Morgan fingerprint density at radius 3 is 2.95 bits per heavy atom. The molecule has 1 atom stereocenters. The van der Waals surface area contributed by atoms with E-state index in [-0.39, 0.29) is 11.9 Å². The fourth-order valence-electron chi connectivity index (χ4n) is 2.98. The molecule has 0 saturated heterocycles. The lowest BCUT2D eigenvalue weighted by molar-refractivity contribution is 0.620. The summed E-state index contributed by atoms with van der Waals surface area (Å²) in [6.45, 7) is 1.94. The second-order valence-electron chi connectivity index (χ2n) is 5.67. The molecule has 1 aromatic carbocycles. The Morgan fingerprint density at radius 2 is 2.15 bits per heavy atom. The van der Waals surface area contributed by atoms with Crippen LogP contribution < -0.4 is 5.73 Å². The first-order chi connectivity index (χ1) is 9.65. The molecule has 0 amide bonds. The van der Waals surface area contributed by atoms with E-state index < -0.39 is 0 Å². The van der Waals surface area contributed by atoms with Crippen molar-refractivity contribution in [1.29, 1.82) is 0 Å². The molecule has 0 saturated carbocycles. The molecule has 1 heterocycles. The van der Waals surface area contributed by atoms with Crippen LogP contribution in [0.15, 0.2) is 24.5 Å². The van der Waals surface area contributed by atoms with E-state index in [9.17, 15) is 4.39 Å². The minimum atomic E-state index is -0.210. The van der Waals surface area contributed by atoms with Gasteiger partial charge in [-0.1, -0.05) is 0 Å². The van der Waals surface area contributed by atoms with Crippen LogP contribution in [0.1, 0.15) is 36.7 Å². The third-order valence-corrected chi connectivity index (χ3v) is 3.87. The van der Waals surface area contributed by atoms with Crippen LogP contribution in [0.5, 0.6) is 0 Å². The number of rotatable bonds is 3. The van der Waals surface area contributed by atoms with Crippen LogP contribution in [0, 0.1) is 5.82 Å². The molecule has 20 heavy (non-hydrogen) atoms. The lowest BCUT2D eigenvalue weighted by atomic mass is 10.00. The van der Waals surface area contributed by atoms with Gasteiger partial charge in [0, 0.05) is 11.7 Å². The summed E-state index contributed by atoms with van der Waals surface area (Å²) in [7, 11) is 0. The van der Waals surface area contributed by atoms with Gasteiger partial charge in [0.1, 0.15) is 5.82 Å². The number of benzene rings is 1. The van der Waals surface area contributed by atoms with E-state index in [0.29, 0.717) is 6.42 Å². The summed E-state index contributed by atoms with van der Waals surface area (Å²) in [5, 5.41) is 0. The summed E-state index contributed by atoms with van der Waals surface area (Å²) in [6.07, 6.45) is 7.03. The van der Waals surface area contributed by atoms with Crippen LogP contribution in [-0.4, -0.2) is 15.6 Å². The summed E-state index contributed by atoms with van der Waals surface area (Å²) in [4.78, 5) is 4.51. The van der Waals surface area contributed by atoms with E-state index in [0.717, 1.165) is 24.1 Å². The molecule has 1 aliphatic carbocycles. The van der Waals surface area contributed by atoms with Crippen molar-refractivity contribution in [2.75, 3.05) is 0 Å². The van der Waals surface area contributed by atoms with Gasteiger partial charge in [-0.15, -0.1) is 0 Å². The van der Waals surface area contributed by atoms with Gasteiger partial charge in [0.2, 0.25) is 0 Å². The first-order valence-corrected chi connectivity index (χ1v) is 7.24. The fraction of sp³-hybridized carbons (Fsp3) is 0.438. The third kappa shape index (κ3) is 2.48. The molecule has 1 aromatic heterocycles. The Labute approximate surface area is 118 Å². The number of fused-ring (bicyclic) bond motifs is 1. The van der Waals surface area contributed by atoms with Crippen LogP contribution in [0.25, 0.3) is 5.69 Å². The SMILES string of the molecule is CC(N)Cc1cc(F)ccc1-n1cnc2c1CCCC2. The highest BCUT2D eigenvalue weighted by molar-refractivity contribution is 5.44. The van der Waals surface area contributed by atoms with Crippen molar-refractivity contribution in [1.82, 2.24) is 9.55 Å². The molecule has 0 aliphatic heterocycles. The lowest BCUT2D eigenvalue weighted by Crippen LogP contribution is -2.19. The van der Waals surface area contributed by atoms with Gasteiger partial charge in [-0.05, 0) is 62.8 Å². The van der Waals surface area contributed by atoms with Crippen LogP contribution in [0.4, 0.5) is 4.39 Å². The molecule has 106 valence electrons. The van der Waals surface area contributed by atoms with Gasteiger partial charge in [-0.2, -0.15) is 0 Å². The zero-order valence-corrected chi connectivity index (χ0v) is 11.8. The molecular formula is C16H20FN3. The average Bonchev–Trinajstić information content (AvgIpc) is 2.82. The number of nitrogens with two attached hydrogens (primary N) is 1. The zero-order valence-electron chi connectivity index (χ0n) is 11.8. The fourth-order valence-corrected chi connectivity index (χ4v) is 2.98. The average molecular weight is 273 g/mol. The number of hydrogen-bond acceptors (Lipinski definition) is 2. The maximum atomic E-state index is 13.5. The Hall–Kier alpha value is -1.68. The van der Waals surface area contributed by atoms with Crippen molar-refractivity contribution < 1.29 is 4.39 Å². The van der Waals surface area contributed by atoms with Crippen molar-refractivity contribution in [3.63, 3.8) is 0 Å². The molecule has 0 radical (unpaired) electrons. The van der Waals surface area contributed by atoms with Crippen molar-refractivity contribution in [2.24, 2.45) is 5.73 Å². The summed E-state index contributed by atoms with van der Waals surface area (Å²) >= 11 is 0. The summed E-state index contributed by atoms with van der Waals surface area (Å²) < 4.78 is 15.6. The number of hydrogen-bond donors (Lipinski definition) is 1. The molecule has 1 aliphatic rings. The first-order valence-electron chi connectivity index (χ1n) is 7.24. The maximum Gasteiger partial charge on any atom is 0.123 e. The van der Waals surface area contributed by atoms with E-state index in [4.69, 9.17) is 5.73 Å². The van der Waals surface area contributed by atoms with Crippen molar-refractivity contribution in [2.45, 2.75) is 45.1 Å². The molecule has 0 spiro atoms. The maximum absolute atomic E-state index is 13.5. The summed E-state index contributed by atoms with van der Waals surface area (Å²) in [6, 6.07) is 4.95. The number of imidazole rings is 1. The third-order valence-electron chi connectivity index (χ3n) is 3.87. The van der Waals surface area contributed by atoms with Gasteiger partial charge in [0.05, 0.1) is 17.7 Å². The number of aromatic nitrogens is 2.